The molecule has 2 unspecified atom stereocenters. The Morgan fingerprint density at radius 1 is 1.61 bits per heavy atom. The number of hydrogen-bond acceptors (Lipinski definition) is 8. The Balaban J connectivity index is 1.83. The molecule has 2 rings (SSSR count). The van der Waals surface area contributed by atoms with Crippen molar-refractivity contribution in [2.24, 2.45) is 10.4 Å². The molecule has 0 saturated carbocycles. The average molecular weight is 325 g/mol. The number of carbonyl (C=O) groups is 1. The van der Waals surface area contributed by atoms with Crippen molar-refractivity contribution in [1.82, 2.24) is 10.4 Å². The first-order chi connectivity index (χ1) is 10.9. The number of ether oxygens (including phenoxy) is 2. The molecule has 3 N–H and O–H groups in total. The largest absolute Gasteiger partial charge is 0.462 e. The van der Waals surface area contributed by atoms with Gasteiger partial charge < -0.3 is 19.5 Å². The Hall–Kier alpha value is -1.90. The molecule has 0 amide bonds. The van der Waals surface area contributed by atoms with Crippen LogP contribution in [-0.2, 0) is 14.3 Å². The highest BCUT2D eigenvalue weighted by molar-refractivity contribution is 5.93. The number of aliphatic hydroxyl groups is 1. The van der Waals surface area contributed by atoms with Crippen LogP contribution in [0.15, 0.2) is 29.7 Å². The Kier molecular flexibility index (Phi) is 5.40. The average Bonchev–Trinajstić information content (AvgIpc) is 3.00. The summed E-state index contributed by atoms with van der Waals surface area (Å²) >= 11 is 0. The predicted molar refractivity (Wildman–Crippen MR) is 82.2 cm³/mol. The smallest absolute Gasteiger partial charge is 0.313 e. The van der Waals surface area contributed by atoms with E-state index in [0.717, 1.165) is 12.8 Å². The third kappa shape index (κ3) is 4.10. The quantitative estimate of drug-likeness (QED) is 0.506. The maximum atomic E-state index is 11.8. The van der Waals surface area contributed by atoms with Gasteiger partial charge in [-0.3, -0.25) is 15.5 Å². The first kappa shape index (κ1) is 17.5. The Labute approximate surface area is 135 Å². The summed E-state index contributed by atoms with van der Waals surface area (Å²) in [5.74, 6) is 0.312. The second-order valence-electron chi connectivity index (χ2n) is 6.18. The van der Waals surface area contributed by atoms with E-state index in [4.69, 9.17) is 19.8 Å². The van der Waals surface area contributed by atoms with Gasteiger partial charge in [0.1, 0.15) is 18.7 Å². The van der Waals surface area contributed by atoms with Crippen LogP contribution in [0.2, 0.25) is 0 Å². The third-order valence-corrected chi connectivity index (χ3v) is 3.80. The lowest BCUT2D eigenvalue weighted by Gasteiger charge is -2.29. The molecule has 8 heteroatoms. The monoisotopic (exact) mass is 325 g/mol. The summed E-state index contributed by atoms with van der Waals surface area (Å²) in [5, 5.41) is 18.0. The SMILES string of the molecule is C=C1N=C(NO)C=CN1C1CCC(COC(=O)C(C)(C)CO)O1. The molecule has 8 nitrogen and oxygen atoms in total. The van der Waals surface area contributed by atoms with Crippen LogP contribution in [0.3, 0.4) is 0 Å². The van der Waals surface area contributed by atoms with Crippen LogP contribution in [0.5, 0.6) is 0 Å². The standard InChI is InChI=1S/C15H23N3O5/c1-10-16-12(17-21)6-7-18(10)13-5-4-11(23-13)8-22-14(20)15(2,3)9-19/h6-7,11,13,19,21H,1,4-5,8-9H2,2-3H3,(H,16,17). The number of nitrogens with zero attached hydrogens (tertiary/aromatic N) is 2. The predicted octanol–water partition coefficient (Wildman–Crippen LogP) is 0.731. The van der Waals surface area contributed by atoms with Crippen LogP contribution in [0.1, 0.15) is 26.7 Å². The van der Waals surface area contributed by atoms with E-state index >= 15 is 0 Å². The fourth-order valence-corrected chi connectivity index (χ4v) is 2.24. The molecule has 0 aromatic carbocycles. The van der Waals surface area contributed by atoms with Crippen molar-refractivity contribution in [2.75, 3.05) is 13.2 Å². The zero-order chi connectivity index (χ0) is 17.0. The molecule has 2 heterocycles. The zero-order valence-corrected chi connectivity index (χ0v) is 13.4. The highest BCUT2D eigenvalue weighted by Crippen LogP contribution is 2.28. The third-order valence-electron chi connectivity index (χ3n) is 3.80. The van der Waals surface area contributed by atoms with Crippen molar-refractivity contribution < 1.29 is 24.6 Å². The van der Waals surface area contributed by atoms with E-state index in [9.17, 15) is 4.79 Å². The topological polar surface area (TPSA) is 104 Å². The lowest BCUT2D eigenvalue weighted by molar-refractivity contribution is -0.161. The highest BCUT2D eigenvalue weighted by atomic mass is 16.6. The molecule has 2 aliphatic rings. The maximum Gasteiger partial charge on any atom is 0.313 e. The summed E-state index contributed by atoms with van der Waals surface area (Å²) in [7, 11) is 0. The Bertz CT molecular complexity index is 529. The first-order valence-corrected chi connectivity index (χ1v) is 7.45. The molecule has 2 atom stereocenters. The number of carbonyl (C=O) groups excluding carboxylic acids is 1. The van der Waals surface area contributed by atoms with Gasteiger partial charge in [-0.1, -0.05) is 6.58 Å². The summed E-state index contributed by atoms with van der Waals surface area (Å²) < 4.78 is 11.1. The lowest BCUT2D eigenvalue weighted by Crippen LogP contribution is -2.35. The molecule has 23 heavy (non-hydrogen) atoms. The number of amidine groups is 1. The summed E-state index contributed by atoms with van der Waals surface area (Å²) in [4.78, 5) is 17.7. The number of hydrogen-bond donors (Lipinski definition) is 3. The molecule has 2 aliphatic heterocycles. The van der Waals surface area contributed by atoms with Gasteiger partial charge in [0, 0.05) is 6.20 Å². The molecular formula is C15H23N3O5. The van der Waals surface area contributed by atoms with Crippen molar-refractivity contribution in [3.63, 3.8) is 0 Å². The van der Waals surface area contributed by atoms with Crippen molar-refractivity contribution in [3.05, 3.63) is 24.7 Å². The van der Waals surface area contributed by atoms with E-state index in [1.54, 1.807) is 31.0 Å². The summed E-state index contributed by atoms with van der Waals surface area (Å²) in [6.45, 7) is 6.96. The van der Waals surface area contributed by atoms with E-state index in [2.05, 4.69) is 11.6 Å². The van der Waals surface area contributed by atoms with E-state index < -0.39 is 11.4 Å². The fourth-order valence-electron chi connectivity index (χ4n) is 2.24. The van der Waals surface area contributed by atoms with Gasteiger partial charge in [-0.2, -0.15) is 0 Å². The highest BCUT2D eigenvalue weighted by Gasteiger charge is 2.34. The van der Waals surface area contributed by atoms with Gasteiger partial charge in [0.25, 0.3) is 0 Å². The molecule has 0 aliphatic carbocycles. The zero-order valence-electron chi connectivity index (χ0n) is 13.4. The number of hydroxylamine groups is 1. The molecular weight excluding hydrogens is 302 g/mol. The minimum atomic E-state index is -0.912. The second-order valence-corrected chi connectivity index (χ2v) is 6.18. The number of nitrogens with one attached hydrogen (secondary N) is 1. The molecule has 1 fully saturated rings. The lowest BCUT2D eigenvalue weighted by atomic mass is 9.95. The fraction of sp³-hybridized carbons (Fsp3) is 0.600. The normalized spacial score (nSPS) is 24.6. The number of aliphatic hydroxyl groups excluding tert-OH is 1. The molecule has 0 radical (unpaired) electrons. The van der Waals surface area contributed by atoms with Crippen molar-refractivity contribution in [3.8, 4) is 0 Å². The van der Waals surface area contributed by atoms with Crippen LogP contribution < -0.4 is 5.48 Å². The summed E-state index contributed by atoms with van der Waals surface area (Å²) in [6, 6.07) is 0. The van der Waals surface area contributed by atoms with Gasteiger partial charge in [-0.25, -0.2) is 4.99 Å². The number of aliphatic imine (C=N–C) groups is 1. The van der Waals surface area contributed by atoms with Gasteiger partial charge in [-0.15, -0.1) is 0 Å². The molecule has 0 aromatic rings. The van der Waals surface area contributed by atoms with Crippen LogP contribution >= 0.6 is 0 Å². The molecule has 0 spiro atoms. The van der Waals surface area contributed by atoms with Crippen LogP contribution in [-0.4, -0.2) is 52.6 Å². The molecule has 1 saturated heterocycles. The van der Waals surface area contributed by atoms with Gasteiger partial charge in [0.2, 0.25) is 0 Å². The van der Waals surface area contributed by atoms with Crippen LogP contribution in [0.25, 0.3) is 0 Å². The minimum absolute atomic E-state index is 0.148. The van der Waals surface area contributed by atoms with E-state index in [1.807, 2.05) is 5.48 Å². The minimum Gasteiger partial charge on any atom is -0.462 e. The first-order valence-electron chi connectivity index (χ1n) is 7.45. The molecule has 128 valence electrons. The van der Waals surface area contributed by atoms with Crippen LogP contribution in [0.4, 0.5) is 0 Å². The Morgan fingerprint density at radius 3 is 2.96 bits per heavy atom. The van der Waals surface area contributed by atoms with E-state index in [-0.39, 0.29) is 25.5 Å². The van der Waals surface area contributed by atoms with E-state index in [1.165, 1.54) is 0 Å². The van der Waals surface area contributed by atoms with Gasteiger partial charge in [0.15, 0.2) is 5.84 Å². The molecule has 0 bridgehead atoms. The van der Waals surface area contributed by atoms with Crippen molar-refractivity contribution in [2.45, 2.75) is 39.0 Å². The number of esters is 1. The summed E-state index contributed by atoms with van der Waals surface area (Å²) in [5.41, 5.74) is 1.05. The van der Waals surface area contributed by atoms with E-state index in [0.29, 0.717) is 11.7 Å². The van der Waals surface area contributed by atoms with Gasteiger partial charge in [-0.05, 0) is 32.8 Å². The second kappa shape index (κ2) is 7.12. The molecule has 0 aromatic heterocycles. The number of rotatable bonds is 5. The van der Waals surface area contributed by atoms with Crippen LogP contribution in [0, 0.1) is 5.41 Å². The van der Waals surface area contributed by atoms with Gasteiger partial charge >= 0.3 is 5.97 Å². The van der Waals surface area contributed by atoms with Crippen molar-refractivity contribution in [1.29, 1.82) is 0 Å². The summed E-state index contributed by atoms with van der Waals surface area (Å²) in [6.07, 6.45) is 4.37. The van der Waals surface area contributed by atoms with Crippen molar-refractivity contribution >= 4 is 11.8 Å². The maximum absolute atomic E-state index is 11.8. The van der Waals surface area contributed by atoms with Gasteiger partial charge in [0.05, 0.1) is 18.1 Å². The Morgan fingerprint density at radius 2 is 2.35 bits per heavy atom.